The van der Waals surface area contributed by atoms with Gasteiger partial charge < -0.3 is 10.1 Å². The number of benzene rings is 1. The molecule has 0 saturated carbocycles. The van der Waals surface area contributed by atoms with E-state index in [1.807, 2.05) is 6.07 Å². The first kappa shape index (κ1) is 17.9. The molecular weight excluding hydrogens is 282 g/mol. The second-order valence-electron chi connectivity index (χ2n) is 6.23. The predicted molar refractivity (Wildman–Crippen MR) is 83.4 cm³/mol. The average Bonchev–Trinajstić information content (AvgIpc) is 2.35. The van der Waals surface area contributed by atoms with Crippen molar-refractivity contribution in [3.63, 3.8) is 0 Å². The molecule has 0 aliphatic heterocycles. The molecule has 0 heterocycles. The standard InChI is InChI=1S/C17H23NO4/c1-11(19)14(12(2)20)15(13-9-7-6-8-10-13)18-16(21)22-17(3,4)5/h6-10,14-15H,1-5H3,(H,18,21)/t15-/m0/s1. The molecule has 0 aliphatic rings. The van der Waals surface area contributed by atoms with E-state index in [1.54, 1.807) is 45.0 Å². The second kappa shape index (κ2) is 7.20. The van der Waals surface area contributed by atoms with Crippen LogP contribution in [-0.4, -0.2) is 23.3 Å². The van der Waals surface area contributed by atoms with Crippen molar-refractivity contribution in [1.82, 2.24) is 5.32 Å². The van der Waals surface area contributed by atoms with Gasteiger partial charge in [-0.2, -0.15) is 0 Å². The van der Waals surface area contributed by atoms with Gasteiger partial charge in [-0.3, -0.25) is 9.59 Å². The number of ether oxygens (including phenoxy) is 1. The summed E-state index contributed by atoms with van der Waals surface area (Å²) in [5.41, 5.74) is 0.0246. The van der Waals surface area contributed by atoms with Crippen LogP contribution in [0.25, 0.3) is 0 Å². The Balaban J connectivity index is 3.10. The fraction of sp³-hybridized carbons (Fsp3) is 0.471. The number of hydrogen-bond acceptors (Lipinski definition) is 4. The van der Waals surface area contributed by atoms with Crippen LogP contribution in [0.4, 0.5) is 4.79 Å². The van der Waals surface area contributed by atoms with Gasteiger partial charge in [0.25, 0.3) is 0 Å². The van der Waals surface area contributed by atoms with Crippen LogP contribution < -0.4 is 5.32 Å². The van der Waals surface area contributed by atoms with Gasteiger partial charge in [0.05, 0.1) is 6.04 Å². The minimum atomic E-state index is -0.935. The van der Waals surface area contributed by atoms with E-state index in [9.17, 15) is 14.4 Å². The summed E-state index contributed by atoms with van der Waals surface area (Å²) in [6, 6.07) is 8.19. The lowest BCUT2D eigenvalue weighted by atomic mass is 9.87. The number of nitrogens with one attached hydrogen (secondary N) is 1. The molecule has 1 rings (SSSR count). The molecule has 0 unspecified atom stereocenters. The number of hydrogen-bond donors (Lipinski definition) is 1. The number of ketones is 2. The second-order valence-corrected chi connectivity index (χ2v) is 6.23. The molecule has 0 bridgehead atoms. The van der Waals surface area contributed by atoms with E-state index in [-0.39, 0.29) is 11.6 Å². The Bertz CT molecular complexity index is 532. The van der Waals surface area contributed by atoms with Crippen molar-refractivity contribution in [1.29, 1.82) is 0 Å². The van der Waals surface area contributed by atoms with Crippen molar-refractivity contribution in [2.45, 2.75) is 46.3 Å². The summed E-state index contributed by atoms with van der Waals surface area (Å²) in [5.74, 6) is -1.52. The highest BCUT2D eigenvalue weighted by Gasteiger charge is 2.33. The van der Waals surface area contributed by atoms with E-state index in [4.69, 9.17) is 4.74 Å². The molecule has 0 aliphatic carbocycles. The molecule has 1 aromatic rings. The van der Waals surface area contributed by atoms with E-state index >= 15 is 0 Å². The summed E-state index contributed by atoms with van der Waals surface area (Å²) >= 11 is 0. The zero-order valence-corrected chi connectivity index (χ0v) is 13.7. The lowest BCUT2D eigenvalue weighted by Gasteiger charge is -2.27. The maximum Gasteiger partial charge on any atom is 0.408 e. The Labute approximate surface area is 131 Å². The fourth-order valence-corrected chi connectivity index (χ4v) is 2.21. The van der Waals surface area contributed by atoms with Crippen LogP contribution >= 0.6 is 0 Å². The highest BCUT2D eigenvalue weighted by atomic mass is 16.6. The van der Waals surface area contributed by atoms with Gasteiger partial charge in [-0.05, 0) is 40.2 Å². The van der Waals surface area contributed by atoms with Crippen molar-refractivity contribution in [3.05, 3.63) is 35.9 Å². The number of rotatable bonds is 5. The van der Waals surface area contributed by atoms with Crippen molar-refractivity contribution in [2.75, 3.05) is 0 Å². The molecule has 0 fully saturated rings. The van der Waals surface area contributed by atoms with Gasteiger partial charge in [0.2, 0.25) is 0 Å². The lowest BCUT2D eigenvalue weighted by Crippen LogP contribution is -2.41. The Kier molecular flexibility index (Phi) is 5.85. The third-order valence-corrected chi connectivity index (χ3v) is 3.04. The Morgan fingerprint density at radius 2 is 1.50 bits per heavy atom. The van der Waals surface area contributed by atoms with Crippen LogP contribution in [0.2, 0.25) is 0 Å². The highest BCUT2D eigenvalue weighted by molar-refractivity contribution is 6.01. The summed E-state index contributed by atoms with van der Waals surface area (Å²) in [5, 5.41) is 2.65. The smallest absolute Gasteiger partial charge is 0.408 e. The Morgan fingerprint density at radius 1 is 1.00 bits per heavy atom. The lowest BCUT2D eigenvalue weighted by molar-refractivity contribution is -0.131. The van der Waals surface area contributed by atoms with Crippen LogP contribution in [-0.2, 0) is 14.3 Å². The number of Topliss-reactive ketones (excluding diaryl/α,β-unsaturated/α-hetero) is 2. The Morgan fingerprint density at radius 3 is 1.91 bits per heavy atom. The minimum absolute atomic E-state index is 0.294. The molecule has 0 aromatic heterocycles. The van der Waals surface area contributed by atoms with Crippen LogP contribution in [0.3, 0.4) is 0 Å². The molecule has 1 atom stereocenters. The largest absolute Gasteiger partial charge is 0.444 e. The third kappa shape index (κ3) is 5.31. The number of carbonyl (C=O) groups is 3. The Hall–Kier alpha value is -2.17. The van der Waals surface area contributed by atoms with Gasteiger partial charge >= 0.3 is 6.09 Å². The van der Waals surface area contributed by atoms with E-state index in [2.05, 4.69) is 5.32 Å². The number of amides is 1. The summed E-state index contributed by atoms with van der Waals surface area (Å²) in [4.78, 5) is 35.7. The van der Waals surface area contributed by atoms with Crippen LogP contribution in [0.15, 0.2) is 30.3 Å². The van der Waals surface area contributed by atoms with Crippen molar-refractivity contribution < 1.29 is 19.1 Å². The average molecular weight is 305 g/mol. The molecule has 0 radical (unpaired) electrons. The SMILES string of the molecule is CC(=O)C(C(C)=O)[C@@H](NC(=O)OC(C)(C)C)c1ccccc1. The summed E-state index contributed by atoms with van der Waals surface area (Å²) < 4.78 is 5.23. The van der Waals surface area contributed by atoms with Gasteiger partial charge in [-0.15, -0.1) is 0 Å². The zero-order valence-electron chi connectivity index (χ0n) is 13.7. The van der Waals surface area contributed by atoms with E-state index in [0.29, 0.717) is 5.56 Å². The van der Waals surface area contributed by atoms with E-state index in [0.717, 1.165) is 0 Å². The normalized spacial score (nSPS) is 12.6. The first-order valence-electron chi connectivity index (χ1n) is 7.17. The van der Waals surface area contributed by atoms with Crippen molar-refractivity contribution in [2.24, 2.45) is 5.92 Å². The summed E-state index contributed by atoms with van der Waals surface area (Å²) in [6.07, 6.45) is -0.658. The molecular formula is C17H23NO4. The maximum absolute atomic E-state index is 12.0. The first-order valence-corrected chi connectivity index (χ1v) is 7.17. The molecule has 1 aromatic carbocycles. The molecule has 120 valence electrons. The molecule has 5 nitrogen and oxygen atoms in total. The van der Waals surface area contributed by atoms with Crippen LogP contribution in [0, 0.1) is 5.92 Å². The van der Waals surface area contributed by atoms with Crippen LogP contribution in [0.5, 0.6) is 0 Å². The summed E-state index contributed by atoms with van der Waals surface area (Å²) in [7, 11) is 0. The maximum atomic E-state index is 12.0. The molecule has 0 spiro atoms. The summed E-state index contributed by atoms with van der Waals surface area (Å²) in [6.45, 7) is 7.93. The number of carbonyl (C=O) groups excluding carboxylic acids is 3. The topological polar surface area (TPSA) is 72.5 Å². The zero-order chi connectivity index (χ0) is 16.9. The molecule has 1 amide bonds. The van der Waals surface area contributed by atoms with Gasteiger partial charge in [0.15, 0.2) is 0 Å². The molecule has 1 N–H and O–H groups in total. The van der Waals surface area contributed by atoms with Crippen molar-refractivity contribution in [3.8, 4) is 0 Å². The van der Waals surface area contributed by atoms with Crippen molar-refractivity contribution >= 4 is 17.7 Å². The van der Waals surface area contributed by atoms with Gasteiger partial charge in [0.1, 0.15) is 23.1 Å². The van der Waals surface area contributed by atoms with Gasteiger partial charge in [-0.1, -0.05) is 30.3 Å². The molecule has 0 saturated heterocycles. The fourth-order valence-electron chi connectivity index (χ4n) is 2.21. The number of alkyl carbamates (subject to hydrolysis) is 1. The van der Waals surface area contributed by atoms with E-state index in [1.165, 1.54) is 13.8 Å². The molecule has 5 heteroatoms. The predicted octanol–water partition coefficient (Wildman–Crippen LogP) is 3.05. The highest BCUT2D eigenvalue weighted by Crippen LogP contribution is 2.24. The van der Waals surface area contributed by atoms with Gasteiger partial charge in [0, 0.05) is 0 Å². The third-order valence-electron chi connectivity index (χ3n) is 3.04. The van der Waals surface area contributed by atoms with Crippen LogP contribution in [0.1, 0.15) is 46.2 Å². The first-order chi connectivity index (χ1) is 10.1. The molecule has 22 heavy (non-hydrogen) atoms. The quantitative estimate of drug-likeness (QED) is 0.849. The van der Waals surface area contributed by atoms with E-state index < -0.39 is 23.7 Å². The van der Waals surface area contributed by atoms with Gasteiger partial charge in [-0.25, -0.2) is 4.79 Å². The monoisotopic (exact) mass is 305 g/mol. The minimum Gasteiger partial charge on any atom is -0.444 e.